The van der Waals surface area contributed by atoms with Gasteiger partial charge in [-0.2, -0.15) is 5.26 Å². The molecule has 1 aliphatic rings. The Bertz CT molecular complexity index is 1030. The second-order valence-electron chi connectivity index (χ2n) is 5.75. The van der Waals surface area contributed by atoms with E-state index in [0.29, 0.717) is 26.0 Å². The molecule has 0 radical (unpaired) electrons. The number of benzene rings is 2. The van der Waals surface area contributed by atoms with E-state index >= 15 is 0 Å². The predicted molar refractivity (Wildman–Crippen MR) is 114 cm³/mol. The van der Waals surface area contributed by atoms with Crippen LogP contribution in [0.25, 0.3) is 6.08 Å². The summed E-state index contributed by atoms with van der Waals surface area (Å²) >= 11 is 4.70. The zero-order valence-electron chi connectivity index (χ0n) is 15.2. The van der Waals surface area contributed by atoms with E-state index in [0.717, 1.165) is 16.8 Å². The molecule has 0 aliphatic carbocycles. The van der Waals surface area contributed by atoms with Gasteiger partial charge in [0, 0.05) is 0 Å². The summed E-state index contributed by atoms with van der Waals surface area (Å²) in [5.74, 6) is 0.697. The van der Waals surface area contributed by atoms with Crippen molar-refractivity contribution < 1.29 is 14.3 Å². The predicted octanol–water partition coefficient (Wildman–Crippen LogP) is 4.56. The Morgan fingerprint density at radius 1 is 1.36 bits per heavy atom. The van der Waals surface area contributed by atoms with Crippen LogP contribution >= 0.6 is 27.7 Å². The first-order valence-electron chi connectivity index (χ1n) is 8.24. The molecule has 142 valence electrons. The second kappa shape index (κ2) is 8.95. The minimum atomic E-state index is -0.211. The second-order valence-corrected chi connectivity index (χ2v) is 7.63. The maximum Gasteiger partial charge on any atom is 0.264 e. The average molecular weight is 458 g/mol. The van der Waals surface area contributed by atoms with Gasteiger partial charge < -0.3 is 14.8 Å². The summed E-state index contributed by atoms with van der Waals surface area (Å²) in [4.78, 5) is 17.4. The van der Waals surface area contributed by atoms with Gasteiger partial charge in [0.05, 0.1) is 22.2 Å². The molecule has 3 rings (SSSR count). The van der Waals surface area contributed by atoms with Crippen LogP contribution in [-0.4, -0.2) is 24.8 Å². The van der Waals surface area contributed by atoms with Crippen LogP contribution in [0.3, 0.4) is 0 Å². The summed E-state index contributed by atoms with van der Waals surface area (Å²) in [6.07, 6.45) is 1.75. The molecular formula is C20H16BrN3O3S. The normalized spacial score (nSPS) is 16.1. The number of carbonyl (C=O) groups is 1. The average Bonchev–Trinajstić information content (AvgIpc) is 3.01. The highest BCUT2D eigenvalue weighted by molar-refractivity contribution is 9.10. The molecule has 2 aromatic rings. The Kier molecular flexibility index (Phi) is 6.39. The van der Waals surface area contributed by atoms with E-state index in [2.05, 4.69) is 26.2 Å². The molecule has 1 N–H and O–H groups in total. The van der Waals surface area contributed by atoms with Gasteiger partial charge in [0.25, 0.3) is 5.91 Å². The Morgan fingerprint density at radius 2 is 2.14 bits per heavy atom. The number of amides is 1. The van der Waals surface area contributed by atoms with Crippen LogP contribution in [0.4, 0.5) is 5.69 Å². The van der Waals surface area contributed by atoms with Gasteiger partial charge in [-0.25, -0.2) is 4.99 Å². The van der Waals surface area contributed by atoms with E-state index in [9.17, 15) is 4.79 Å². The lowest BCUT2D eigenvalue weighted by molar-refractivity contribution is -0.115. The number of hydrogen-bond acceptors (Lipinski definition) is 6. The number of thioether (sulfide) groups is 1. The van der Waals surface area contributed by atoms with Crippen LogP contribution < -0.4 is 14.8 Å². The Morgan fingerprint density at radius 3 is 2.86 bits per heavy atom. The molecule has 28 heavy (non-hydrogen) atoms. The summed E-state index contributed by atoms with van der Waals surface area (Å²) < 4.78 is 11.4. The number of carbonyl (C=O) groups excluding carboxylic acids is 1. The maximum atomic E-state index is 12.3. The van der Waals surface area contributed by atoms with Crippen molar-refractivity contribution in [1.82, 2.24) is 5.32 Å². The standard InChI is InChI=1S/C20H16BrN3O3S/c1-12-5-3-4-6-15(12)23-20-24-19(25)17(28-20)11-13-9-14(21)18(27-8-7-22)16(10-13)26-2/h3-6,9-11H,8H2,1-2H3,(H,23,24,25). The first kappa shape index (κ1) is 20.0. The number of nitrogens with one attached hydrogen (secondary N) is 1. The molecule has 0 spiro atoms. The highest BCUT2D eigenvalue weighted by atomic mass is 79.9. The van der Waals surface area contributed by atoms with E-state index in [-0.39, 0.29) is 12.5 Å². The summed E-state index contributed by atoms with van der Waals surface area (Å²) in [7, 11) is 1.52. The van der Waals surface area contributed by atoms with Crippen molar-refractivity contribution >= 4 is 50.5 Å². The number of nitrogens with zero attached hydrogens (tertiary/aromatic N) is 2. The molecule has 1 heterocycles. The molecule has 2 aromatic carbocycles. The third-order valence-electron chi connectivity index (χ3n) is 3.82. The van der Waals surface area contributed by atoms with E-state index in [1.165, 1.54) is 18.9 Å². The molecule has 1 aliphatic heterocycles. The molecule has 1 saturated heterocycles. The number of rotatable bonds is 5. The minimum Gasteiger partial charge on any atom is -0.493 e. The molecule has 0 unspecified atom stereocenters. The fourth-order valence-electron chi connectivity index (χ4n) is 2.50. The number of aliphatic imine (C=N–C) groups is 1. The maximum absolute atomic E-state index is 12.3. The molecular weight excluding hydrogens is 442 g/mol. The molecule has 0 atom stereocenters. The van der Waals surface area contributed by atoms with E-state index < -0.39 is 0 Å². The number of hydrogen-bond donors (Lipinski definition) is 1. The Labute approximate surface area is 175 Å². The summed E-state index contributed by atoms with van der Waals surface area (Å²) in [6.45, 7) is 1.88. The Hall–Kier alpha value is -2.76. The Balaban J connectivity index is 1.88. The monoisotopic (exact) mass is 457 g/mol. The van der Waals surface area contributed by atoms with Gasteiger partial charge >= 0.3 is 0 Å². The van der Waals surface area contributed by atoms with Gasteiger partial charge in [-0.3, -0.25) is 4.79 Å². The topological polar surface area (TPSA) is 83.7 Å². The third kappa shape index (κ3) is 4.55. The molecule has 6 nitrogen and oxygen atoms in total. The van der Waals surface area contributed by atoms with Crippen molar-refractivity contribution in [2.75, 3.05) is 13.7 Å². The smallest absolute Gasteiger partial charge is 0.264 e. The largest absolute Gasteiger partial charge is 0.493 e. The molecule has 0 saturated carbocycles. The highest BCUT2D eigenvalue weighted by Crippen LogP contribution is 2.38. The molecule has 8 heteroatoms. The zero-order chi connectivity index (χ0) is 20.1. The SMILES string of the molecule is COc1cc(C=C2SC(=Nc3ccccc3C)NC2=O)cc(Br)c1OCC#N. The van der Waals surface area contributed by atoms with Crippen molar-refractivity contribution in [3.8, 4) is 17.6 Å². The lowest BCUT2D eigenvalue weighted by atomic mass is 10.2. The third-order valence-corrected chi connectivity index (χ3v) is 5.32. The van der Waals surface area contributed by atoms with Gasteiger partial charge in [-0.05, 0) is 70.0 Å². The molecule has 0 aromatic heterocycles. The van der Waals surface area contributed by atoms with Gasteiger partial charge in [-0.1, -0.05) is 18.2 Å². The number of amidine groups is 1. The van der Waals surface area contributed by atoms with Gasteiger partial charge in [0.1, 0.15) is 6.07 Å². The summed E-state index contributed by atoms with van der Waals surface area (Å²) in [6, 6.07) is 13.2. The number of aryl methyl sites for hydroxylation is 1. The van der Waals surface area contributed by atoms with E-state index in [1.54, 1.807) is 18.2 Å². The highest BCUT2D eigenvalue weighted by Gasteiger charge is 2.24. The number of methoxy groups -OCH3 is 1. The van der Waals surface area contributed by atoms with E-state index in [1.807, 2.05) is 37.3 Å². The fraction of sp³-hybridized carbons (Fsp3) is 0.150. The van der Waals surface area contributed by atoms with Crippen molar-refractivity contribution in [2.45, 2.75) is 6.92 Å². The minimum absolute atomic E-state index is 0.0909. The van der Waals surface area contributed by atoms with Gasteiger partial charge in [0.15, 0.2) is 23.3 Å². The van der Waals surface area contributed by atoms with Crippen LogP contribution in [-0.2, 0) is 4.79 Å². The van der Waals surface area contributed by atoms with Crippen LogP contribution in [0.1, 0.15) is 11.1 Å². The lowest BCUT2D eigenvalue weighted by Crippen LogP contribution is -2.19. The van der Waals surface area contributed by atoms with Crippen LogP contribution in [0.5, 0.6) is 11.5 Å². The van der Waals surface area contributed by atoms with Crippen LogP contribution in [0, 0.1) is 18.3 Å². The molecule has 1 amide bonds. The van der Waals surface area contributed by atoms with E-state index in [4.69, 9.17) is 14.7 Å². The first-order valence-corrected chi connectivity index (χ1v) is 9.85. The van der Waals surface area contributed by atoms with Crippen molar-refractivity contribution in [3.05, 3.63) is 56.9 Å². The molecule has 1 fully saturated rings. The van der Waals surface area contributed by atoms with Crippen molar-refractivity contribution in [1.29, 1.82) is 5.26 Å². The summed E-state index contributed by atoms with van der Waals surface area (Å²) in [5, 5.41) is 12.0. The molecule has 0 bridgehead atoms. The number of halogens is 1. The van der Waals surface area contributed by atoms with Crippen LogP contribution in [0.2, 0.25) is 0 Å². The summed E-state index contributed by atoms with van der Waals surface area (Å²) in [5.41, 5.74) is 2.60. The van der Waals surface area contributed by atoms with Crippen molar-refractivity contribution in [2.24, 2.45) is 4.99 Å². The quantitative estimate of drug-likeness (QED) is 0.665. The van der Waals surface area contributed by atoms with Gasteiger partial charge in [0.2, 0.25) is 0 Å². The lowest BCUT2D eigenvalue weighted by Gasteiger charge is -2.11. The number of para-hydroxylation sites is 1. The fourth-order valence-corrected chi connectivity index (χ4v) is 3.91. The van der Waals surface area contributed by atoms with Crippen molar-refractivity contribution in [3.63, 3.8) is 0 Å². The zero-order valence-corrected chi connectivity index (χ0v) is 17.6. The van der Waals surface area contributed by atoms with Gasteiger partial charge in [-0.15, -0.1) is 0 Å². The number of nitriles is 1. The van der Waals surface area contributed by atoms with Crippen LogP contribution in [0.15, 0.2) is 50.8 Å². The number of ether oxygens (including phenoxy) is 2. The first-order chi connectivity index (χ1) is 13.5.